The molecule has 2 rings (SSSR count). The van der Waals surface area contributed by atoms with E-state index in [1.165, 1.54) is 6.92 Å². The molecule has 0 amide bonds. The van der Waals surface area contributed by atoms with E-state index in [0.29, 0.717) is 0 Å². The Kier molecular flexibility index (Phi) is 8.35. The second kappa shape index (κ2) is 10.6. The third-order valence-corrected chi connectivity index (χ3v) is 4.66. The molecule has 0 fully saturated rings. The van der Waals surface area contributed by atoms with Crippen molar-refractivity contribution in [3.63, 3.8) is 0 Å². The van der Waals surface area contributed by atoms with Gasteiger partial charge in [-0.3, -0.25) is 4.79 Å². The quantitative estimate of drug-likeness (QED) is 0.352. The Balaban J connectivity index is 3.01. The zero-order valence-electron chi connectivity index (χ0n) is 18.1. The fourth-order valence-electron chi connectivity index (χ4n) is 3.43. The van der Waals surface area contributed by atoms with Crippen molar-refractivity contribution < 1.29 is 54.9 Å². The Labute approximate surface area is 189 Å². The zero-order valence-corrected chi connectivity index (χ0v) is 18.1. The molecule has 0 saturated carbocycles. The van der Waals surface area contributed by atoms with E-state index >= 15 is 0 Å². The number of benzene rings is 1. The number of rotatable bonds is 7. The first-order valence-electron chi connectivity index (χ1n) is 9.61. The summed E-state index contributed by atoms with van der Waals surface area (Å²) >= 11 is 0. The molecule has 7 nitrogen and oxygen atoms in total. The standard InChI is InChI=1S/C21H19F6NO6/c1-4-33-20(31)17-14(8-34-9(2)29)28-13(7-22)16(19(30)32-3)15(17)11-5-10(23)6-12(24)18(11)21(25,26)27/h5-6,15,28H,4,7-8H2,1-3H3. The minimum atomic E-state index is -5.41. The van der Waals surface area contributed by atoms with Crippen molar-refractivity contribution >= 4 is 17.9 Å². The first-order valence-corrected chi connectivity index (χ1v) is 9.61. The van der Waals surface area contributed by atoms with Crippen molar-refractivity contribution in [3.05, 3.63) is 57.4 Å². The van der Waals surface area contributed by atoms with Crippen LogP contribution in [0.3, 0.4) is 0 Å². The highest BCUT2D eigenvalue weighted by atomic mass is 19.4. The molecular formula is C21H19F6NO6. The van der Waals surface area contributed by atoms with Gasteiger partial charge in [-0.1, -0.05) is 0 Å². The lowest BCUT2D eigenvalue weighted by atomic mass is 9.78. The van der Waals surface area contributed by atoms with Crippen LogP contribution in [0.1, 0.15) is 30.9 Å². The molecule has 1 atom stereocenters. The molecule has 0 saturated heterocycles. The molecule has 0 bridgehead atoms. The maximum absolute atomic E-state index is 14.4. The molecule has 1 aliphatic rings. The van der Waals surface area contributed by atoms with Gasteiger partial charge >= 0.3 is 24.1 Å². The molecule has 0 spiro atoms. The predicted molar refractivity (Wildman–Crippen MR) is 103 cm³/mol. The summed E-state index contributed by atoms with van der Waals surface area (Å²) in [6.45, 7) is -0.202. The molecule has 1 aromatic carbocycles. The van der Waals surface area contributed by atoms with E-state index in [1.54, 1.807) is 0 Å². The maximum Gasteiger partial charge on any atom is 0.419 e. The topological polar surface area (TPSA) is 90.9 Å². The van der Waals surface area contributed by atoms with Crippen molar-refractivity contribution in [3.8, 4) is 0 Å². The van der Waals surface area contributed by atoms with Crippen molar-refractivity contribution in [2.75, 3.05) is 27.0 Å². The van der Waals surface area contributed by atoms with Crippen molar-refractivity contribution in [1.82, 2.24) is 5.32 Å². The van der Waals surface area contributed by atoms with Gasteiger partial charge in [-0.25, -0.2) is 22.8 Å². The zero-order chi connectivity index (χ0) is 25.8. The van der Waals surface area contributed by atoms with Crippen molar-refractivity contribution in [2.45, 2.75) is 25.9 Å². The van der Waals surface area contributed by atoms with E-state index < -0.39 is 88.6 Å². The number of carbonyl (C=O) groups excluding carboxylic acids is 3. The number of carbonyl (C=O) groups is 3. The number of hydrogen-bond acceptors (Lipinski definition) is 7. The molecule has 1 N–H and O–H groups in total. The van der Waals surface area contributed by atoms with Gasteiger partial charge in [0.05, 0.1) is 47.7 Å². The number of dihydropyridines is 1. The van der Waals surface area contributed by atoms with Gasteiger partial charge in [-0.15, -0.1) is 0 Å². The average molecular weight is 495 g/mol. The van der Waals surface area contributed by atoms with E-state index in [4.69, 9.17) is 9.47 Å². The normalized spacial score (nSPS) is 16.2. The molecule has 13 heteroatoms. The van der Waals surface area contributed by atoms with Gasteiger partial charge in [0.15, 0.2) is 0 Å². The minimum Gasteiger partial charge on any atom is -0.466 e. The van der Waals surface area contributed by atoms with Crippen LogP contribution in [0.15, 0.2) is 34.7 Å². The number of esters is 3. The van der Waals surface area contributed by atoms with Crippen LogP contribution < -0.4 is 5.32 Å². The molecule has 1 aliphatic heterocycles. The summed E-state index contributed by atoms with van der Waals surface area (Å²) in [4.78, 5) is 36.6. The maximum atomic E-state index is 14.4. The predicted octanol–water partition coefficient (Wildman–Crippen LogP) is 3.45. The molecule has 0 radical (unpaired) electrons. The van der Waals surface area contributed by atoms with Gasteiger partial charge < -0.3 is 19.5 Å². The van der Waals surface area contributed by atoms with E-state index in [2.05, 4.69) is 10.1 Å². The van der Waals surface area contributed by atoms with Gasteiger partial charge in [0.25, 0.3) is 0 Å². The van der Waals surface area contributed by atoms with Crippen LogP contribution in [0.4, 0.5) is 26.3 Å². The number of methoxy groups -OCH3 is 1. The Morgan fingerprint density at radius 2 is 1.65 bits per heavy atom. The number of allylic oxidation sites excluding steroid dienone is 1. The highest BCUT2D eigenvalue weighted by molar-refractivity contribution is 6.00. The fraction of sp³-hybridized carbons (Fsp3) is 0.381. The van der Waals surface area contributed by atoms with Gasteiger partial charge in [-0.05, 0) is 18.6 Å². The fourth-order valence-corrected chi connectivity index (χ4v) is 3.43. The number of ether oxygens (including phenoxy) is 3. The lowest BCUT2D eigenvalue weighted by molar-refractivity contribution is -0.143. The van der Waals surface area contributed by atoms with E-state index in [-0.39, 0.29) is 18.7 Å². The lowest BCUT2D eigenvalue weighted by Gasteiger charge is -2.32. The molecule has 34 heavy (non-hydrogen) atoms. The van der Waals surface area contributed by atoms with Crippen LogP contribution in [0.5, 0.6) is 0 Å². The Bertz CT molecular complexity index is 1060. The summed E-state index contributed by atoms with van der Waals surface area (Å²) in [6.07, 6.45) is -5.41. The Morgan fingerprint density at radius 3 is 2.15 bits per heavy atom. The minimum absolute atomic E-state index is 0.0292. The second-order valence-corrected chi connectivity index (χ2v) is 6.82. The molecule has 1 heterocycles. The van der Waals surface area contributed by atoms with Crippen LogP contribution in [0.2, 0.25) is 0 Å². The molecule has 0 aliphatic carbocycles. The lowest BCUT2D eigenvalue weighted by Crippen LogP contribution is -2.37. The van der Waals surface area contributed by atoms with Gasteiger partial charge in [0.2, 0.25) is 0 Å². The molecule has 1 aromatic rings. The highest BCUT2D eigenvalue weighted by Gasteiger charge is 2.46. The average Bonchev–Trinajstić information content (AvgIpc) is 2.74. The Hall–Kier alpha value is -3.51. The van der Waals surface area contributed by atoms with Crippen LogP contribution in [-0.2, 0) is 34.8 Å². The van der Waals surface area contributed by atoms with Crippen molar-refractivity contribution in [1.29, 1.82) is 0 Å². The van der Waals surface area contributed by atoms with Crippen LogP contribution in [-0.4, -0.2) is 44.9 Å². The highest BCUT2D eigenvalue weighted by Crippen LogP contribution is 2.45. The summed E-state index contributed by atoms with van der Waals surface area (Å²) in [5.74, 6) is -9.24. The smallest absolute Gasteiger partial charge is 0.419 e. The van der Waals surface area contributed by atoms with E-state index in [9.17, 15) is 40.7 Å². The molecular weight excluding hydrogens is 476 g/mol. The summed E-state index contributed by atoms with van der Waals surface area (Å²) in [7, 11) is 0.835. The van der Waals surface area contributed by atoms with Gasteiger partial charge in [0.1, 0.15) is 24.9 Å². The number of halogens is 6. The largest absolute Gasteiger partial charge is 0.466 e. The van der Waals surface area contributed by atoms with Gasteiger partial charge in [0, 0.05) is 13.0 Å². The first-order chi connectivity index (χ1) is 15.9. The summed E-state index contributed by atoms with van der Waals surface area (Å²) in [6, 6.07) is 0.238. The Morgan fingerprint density at radius 1 is 1.03 bits per heavy atom. The van der Waals surface area contributed by atoms with Crippen LogP contribution >= 0.6 is 0 Å². The number of alkyl halides is 4. The van der Waals surface area contributed by atoms with Gasteiger partial charge in [-0.2, -0.15) is 13.2 Å². The van der Waals surface area contributed by atoms with Crippen LogP contribution in [0, 0.1) is 11.6 Å². The number of hydrogen-bond donors (Lipinski definition) is 1. The SMILES string of the molecule is CCOC(=O)C1=C(COC(C)=O)NC(CF)=C(C(=O)OC)C1c1cc(F)cc(F)c1C(F)(F)F. The summed E-state index contributed by atoms with van der Waals surface area (Å²) < 4.78 is 98.1. The van der Waals surface area contributed by atoms with Crippen LogP contribution in [0.25, 0.3) is 0 Å². The first kappa shape index (κ1) is 26.7. The molecule has 0 aromatic heterocycles. The second-order valence-electron chi connectivity index (χ2n) is 6.82. The third kappa shape index (κ3) is 5.51. The molecule has 1 unspecified atom stereocenters. The molecule has 186 valence electrons. The number of nitrogens with one attached hydrogen (secondary N) is 1. The third-order valence-electron chi connectivity index (χ3n) is 4.66. The summed E-state index contributed by atoms with van der Waals surface area (Å²) in [5.41, 5.74) is -5.91. The van der Waals surface area contributed by atoms with E-state index in [1.807, 2.05) is 0 Å². The summed E-state index contributed by atoms with van der Waals surface area (Å²) in [5, 5.41) is 2.34. The van der Waals surface area contributed by atoms with E-state index in [0.717, 1.165) is 14.0 Å². The monoisotopic (exact) mass is 495 g/mol. The van der Waals surface area contributed by atoms with Crippen molar-refractivity contribution in [2.24, 2.45) is 0 Å².